The number of nitrogens with two attached hydrogens (primary N) is 1. The lowest BCUT2D eigenvalue weighted by Crippen LogP contribution is -2.32. The van der Waals surface area contributed by atoms with Gasteiger partial charge in [0.05, 0.1) is 0 Å². The third kappa shape index (κ3) is 2.81. The normalized spacial score (nSPS) is 12.4. The summed E-state index contributed by atoms with van der Waals surface area (Å²) in [6.07, 6.45) is 2.96. The minimum atomic E-state index is -0.994. The number of pyridine rings is 1. The molecule has 0 bridgehead atoms. The number of hydrogen-bond donors (Lipinski definition) is 2. The van der Waals surface area contributed by atoms with E-state index in [9.17, 15) is 4.79 Å². The zero-order valence-corrected chi connectivity index (χ0v) is 8.10. The quantitative estimate of drug-likeness (QED) is 0.735. The first kappa shape index (κ1) is 10.7. The predicted molar refractivity (Wildman–Crippen MR) is 52.9 cm³/mol. The fourth-order valence-electron chi connectivity index (χ4n) is 1.10. The zero-order valence-electron chi connectivity index (χ0n) is 8.10. The second-order valence-corrected chi connectivity index (χ2v) is 3.16. The molecule has 0 fully saturated rings. The maximum atomic E-state index is 10.5. The smallest absolute Gasteiger partial charge is 0.320 e. The van der Waals surface area contributed by atoms with Crippen LogP contribution in [0.25, 0.3) is 0 Å². The number of carboxylic acids is 1. The van der Waals surface area contributed by atoms with Crippen LogP contribution in [0.2, 0.25) is 0 Å². The van der Waals surface area contributed by atoms with Gasteiger partial charge >= 0.3 is 5.97 Å². The molecule has 0 amide bonds. The number of carboxylic acid groups (broad SMARTS) is 1. The molecule has 1 heterocycles. The van der Waals surface area contributed by atoms with Crippen molar-refractivity contribution in [1.82, 2.24) is 4.98 Å². The Hall–Kier alpha value is -1.42. The Balaban J connectivity index is 2.64. The van der Waals surface area contributed by atoms with E-state index in [1.54, 1.807) is 6.20 Å². The molecule has 0 aromatic carbocycles. The van der Waals surface area contributed by atoms with Gasteiger partial charge in [0.2, 0.25) is 0 Å². The van der Waals surface area contributed by atoms with Crippen LogP contribution in [-0.2, 0) is 17.6 Å². The van der Waals surface area contributed by atoms with Crippen molar-refractivity contribution < 1.29 is 9.90 Å². The first-order valence-electron chi connectivity index (χ1n) is 4.55. The van der Waals surface area contributed by atoms with E-state index in [4.69, 9.17) is 10.8 Å². The summed E-state index contributed by atoms with van der Waals surface area (Å²) in [5.74, 6) is -0.994. The summed E-state index contributed by atoms with van der Waals surface area (Å²) in [4.78, 5) is 14.6. The molecule has 0 spiro atoms. The van der Waals surface area contributed by atoms with Gasteiger partial charge in [-0.05, 0) is 18.1 Å². The molecule has 1 rings (SSSR count). The summed E-state index contributed by atoms with van der Waals surface area (Å²) >= 11 is 0. The lowest BCUT2D eigenvalue weighted by molar-refractivity contribution is -0.138. The number of nitrogens with zero attached hydrogens (tertiary/aromatic N) is 1. The molecule has 3 N–H and O–H groups in total. The average Bonchev–Trinajstić information content (AvgIpc) is 2.19. The number of aromatic nitrogens is 1. The highest BCUT2D eigenvalue weighted by Crippen LogP contribution is 2.03. The van der Waals surface area contributed by atoms with Crippen LogP contribution in [0.1, 0.15) is 18.2 Å². The summed E-state index contributed by atoms with van der Waals surface area (Å²) in [6, 6.07) is 2.90. The number of rotatable bonds is 4. The van der Waals surface area contributed by atoms with Gasteiger partial charge in [-0.3, -0.25) is 9.78 Å². The van der Waals surface area contributed by atoms with Gasteiger partial charge in [-0.2, -0.15) is 0 Å². The van der Waals surface area contributed by atoms with Crippen LogP contribution in [0.4, 0.5) is 0 Å². The van der Waals surface area contributed by atoms with Crippen molar-refractivity contribution in [2.45, 2.75) is 25.8 Å². The fourth-order valence-corrected chi connectivity index (χ4v) is 1.10. The first-order valence-corrected chi connectivity index (χ1v) is 4.55. The zero-order chi connectivity index (χ0) is 10.6. The monoisotopic (exact) mass is 194 g/mol. The highest BCUT2D eigenvalue weighted by molar-refractivity contribution is 5.73. The van der Waals surface area contributed by atoms with E-state index in [1.165, 1.54) is 0 Å². The van der Waals surface area contributed by atoms with E-state index in [2.05, 4.69) is 4.98 Å². The topological polar surface area (TPSA) is 76.2 Å². The number of carbonyl (C=O) groups is 1. The molecular formula is C10H14N2O2. The molecule has 0 aliphatic carbocycles. The Bertz CT molecular complexity index is 308. The molecule has 14 heavy (non-hydrogen) atoms. The van der Waals surface area contributed by atoms with Crippen LogP contribution in [0.15, 0.2) is 18.3 Å². The van der Waals surface area contributed by atoms with Crippen molar-refractivity contribution in [2.75, 3.05) is 0 Å². The van der Waals surface area contributed by atoms with Crippen LogP contribution >= 0.6 is 0 Å². The summed E-state index contributed by atoms with van der Waals surface area (Å²) in [6.45, 7) is 2.04. The molecule has 0 radical (unpaired) electrons. The molecule has 1 aromatic heterocycles. The maximum absolute atomic E-state index is 10.5. The number of hydrogen-bond acceptors (Lipinski definition) is 3. The van der Waals surface area contributed by atoms with Crippen LogP contribution in [0, 0.1) is 0 Å². The predicted octanol–water partition coefficient (Wildman–Crippen LogP) is 0.598. The van der Waals surface area contributed by atoms with Crippen molar-refractivity contribution >= 4 is 5.97 Å². The van der Waals surface area contributed by atoms with Crippen molar-refractivity contribution in [2.24, 2.45) is 5.73 Å². The van der Waals surface area contributed by atoms with Crippen LogP contribution in [0.3, 0.4) is 0 Å². The van der Waals surface area contributed by atoms with Gasteiger partial charge in [0.15, 0.2) is 0 Å². The Morgan fingerprint density at radius 2 is 2.36 bits per heavy atom. The average molecular weight is 194 g/mol. The largest absolute Gasteiger partial charge is 0.480 e. The van der Waals surface area contributed by atoms with Crippen LogP contribution in [-0.4, -0.2) is 22.1 Å². The molecule has 1 aromatic rings. The lowest BCUT2D eigenvalue weighted by Gasteiger charge is -2.05. The Kier molecular flexibility index (Phi) is 3.59. The number of aryl methyl sites for hydroxylation is 1. The minimum absolute atomic E-state index is 0.277. The van der Waals surface area contributed by atoms with E-state index in [-0.39, 0.29) is 6.42 Å². The third-order valence-corrected chi connectivity index (χ3v) is 2.04. The summed E-state index contributed by atoms with van der Waals surface area (Å²) in [7, 11) is 0. The van der Waals surface area contributed by atoms with E-state index < -0.39 is 12.0 Å². The minimum Gasteiger partial charge on any atom is -0.480 e. The van der Waals surface area contributed by atoms with E-state index >= 15 is 0 Å². The van der Waals surface area contributed by atoms with Gasteiger partial charge < -0.3 is 10.8 Å². The molecule has 76 valence electrons. The van der Waals surface area contributed by atoms with Gasteiger partial charge in [-0.1, -0.05) is 13.0 Å². The molecule has 0 saturated carbocycles. The molecule has 4 nitrogen and oxygen atoms in total. The summed E-state index contributed by atoms with van der Waals surface area (Å²) in [5.41, 5.74) is 7.24. The van der Waals surface area contributed by atoms with Crippen molar-refractivity contribution in [3.05, 3.63) is 29.6 Å². The molecule has 0 aliphatic rings. The highest BCUT2D eigenvalue weighted by atomic mass is 16.4. The van der Waals surface area contributed by atoms with Gasteiger partial charge in [-0.25, -0.2) is 0 Å². The van der Waals surface area contributed by atoms with Crippen molar-refractivity contribution in [3.8, 4) is 0 Å². The second kappa shape index (κ2) is 4.72. The second-order valence-electron chi connectivity index (χ2n) is 3.16. The Labute approximate surface area is 82.8 Å². The van der Waals surface area contributed by atoms with Gasteiger partial charge in [0, 0.05) is 18.3 Å². The summed E-state index contributed by atoms with van der Waals surface area (Å²) in [5, 5.41) is 8.59. The highest BCUT2D eigenvalue weighted by Gasteiger charge is 2.12. The van der Waals surface area contributed by atoms with Crippen molar-refractivity contribution in [1.29, 1.82) is 0 Å². The Morgan fingerprint density at radius 3 is 2.79 bits per heavy atom. The molecular weight excluding hydrogens is 180 g/mol. The third-order valence-electron chi connectivity index (χ3n) is 2.04. The SMILES string of the molecule is CCc1ccc(C[C@H](N)C(=O)O)nc1. The molecule has 0 unspecified atom stereocenters. The van der Waals surface area contributed by atoms with Crippen LogP contribution in [0.5, 0.6) is 0 Å². The van der Waals surface area contributed by atoms with Crippen LogP contribution < -0.4 is 5.73 Å². The standard InChI is InChI=1S/C10H14N2O2/c1-2-7-3-4-8(12-6-7)5-9(11)10(13)14/h3-4,6,9H,2,5,11H2,1H3,(H,13,14)/t9-/m0/s1. The van der Waals surface area contributed by atoms with E-state index in [0.29, 0.717) is 0 Å². The first-order chi connectivity index (χ1) is 6.63. The Morgan fingerprint density at radius 1 is 1.64 bits per heavy atom. The van der Waals surface area contributed by atoms with E-state index in [1.807, 2.05) is 19.1 Å². The summed E-state index contributed by atoms with van der Waals surface area (Å²) < 4.78 is 0. The molecule has 0 saturated heterocycles. The number of aliphatic carboxylic acids is 1. The molecule has 4 heteroatoms. The van der Waals surface area contributed by atoms with Gasteiger partial charge in [0.1, 0.15) is 6.04 Å². The van der Waals surface area contributed by atoms with Crippen molar-refractivity contribution in [3.63, 3.8) is 0 Å². The maximum Gasteiger partial charge on any atom is 0.320 e. The molecule has 0 aliphatic heterocycles. The van der Waals surface area contributed by atoms with Gasteiger partial charge in [0.25, 0.3) is 0 Å². The molecule has 1 atom stereocenters. The lowest BCUT2D eigenvalue weighted by atomic mass is 10.1. The van der Waals surface area contributed by atoms with E-state index in [0.717, 1.165) is 17.7 Å². The fraction of sp³-hybridized carbons (Fsp3) is 0.400. The van der Waals surface area contributed by atoms with Gasteiger partial charge in [-0.15, -0.1) is 0 Å².